The molecule has 0 radical (unpaired) electrons. The van der Waals surface area contributed by atoms with Gasteiger partial charge in [-0.1, -0.05) is 32.9 Å². The Bertz CT molecular complexity index is 1200. The maximum atomic E-state index is 15.5. The zero-order valence-electron chi connectivity index (χ0n) is 21.8. The molecule has 4 rings (SSSR count). The summed E-state index contributed by atoms with van der Waals surface area (Å²) < 4.78 is 37.9. The number of hydrogen-bond acceptors (Lipinski definition) is 6. The summed E-state index contributed by atoms with van der Waals surface area (Å²) in [5.41, 5.74) is 2.56. The van der Waals surface area contributed by atoms with Crippen molar-refractivity contribution in [1.29, 1.82) is 0 Å². The van der Waals surface area contributed by atoms with Gasteiger partial charge in [0.15, 0.2) is 0 Å². The van der Waals surface area contributed by atoms with Crippen LogP contribution in [0.25, 0.3) is 0 Å². The highest BCUT2D eigenvalue weighted by Gasteiger charge is 2.32. The van der Waals surface area contributed by atoms with E-state index < -0.39 is 17.3 Å². The topological polar surface area (TPSA) is 70.6 Å². The molecule has 2 aromatic carbocycles. The largest absolute Gasteiger partial charge is 0.495 e. The lowest BCUT2D eigenvalue weighted by Crippen LogP contribution is -2.25. The van der Waals surface area contributed by atoms with Gasteiger partial charge in [0, 0.05) is 23.4 Å². The number of methoxy groups -OCH3 is 1. The van der Waals surface area contributed by atoms with Gasteiger partial charge in [0.2, 0.25) is 0 Å². The molecule has 0 spiro atoms. The predicted octanol–water partition coefficient (Wildman–Crippen LogP) is 8.19. The van der Waals surface area contributed by atoms with Crippen LogP contribution in [0.15, 0.2) is 34.7 Å². The van der Waals surface area contributed by atoms with Gasteiger partial charge < -0.3 is 19.9 Å². The number of anilines is 1. The number of nitrogens with one attached hydrogen (secondary N) is 2. The van der Waals surface area contributed by atoms with Gasteiger partial charge in [0.05, 0.1) is 23.4 Å². The van der Waals surface area contributed by atoms with Crippen LogP contribution >= 0.6 is 23.7 Å². The quantitative estimate of drug-likeness (QED) is 0.301. The number of aromatic carboxylic acids is 1. The molecule has 1 aliphatic carbocycles. The SMILES string of the molecule is COc1cc(C(=O)O)c(F)cc1NSC1=CSC(c2ccc(C3CCC(C(C)(C)C)CC3)c(F)c2C)N1. The van der Waals surface area contributed by atoms with E-state index in [9.17, 15) is 9.18 Å². The number of benzene rings is 2. The minimum Gasteiger partial charge on any atom is -0.495 e. The molecule has 0 bridgehead atoms. The maximum absolute atomic E-state index is 15.5. The molecule has 1 aliphatic heterocycles. The van der Waals surface area contributed by atoms with Crippen molar-refractivity contribution in [3.8, 4) is 5.75 Å². The Morgan fingerprint density at radius 2 is 1.84 bits per heavy atom. The van der Waals surface area contributed by atoms with Crippen molar-refractivity contribution in [3.63, 3.8) is 0 Å². The molecule has 1 fully saturated rings. The molecule has 1 saturated carbocycles. The van der Waals surface area contributed by atoms with Gasteiger partial charge in [-0.2, -0.15) is 0 Å². The summed E-state index contributed by atoms with van der Waals surface area (Å²) >= 11 is 2.76. The first-order chi connectivity index (χ1) is 17.5. The molecule has 2 aliphatic rings. The molecule has 1 atom stereocenters. The highest BCUT2D eigenvalue weighted by molar-refractivity contribution is 8.07. The second kappa shape index (κ2) is 11.2. The lowest BCUT2D eigenvalue weighted by Gasteiger charge is -2.37. The molecule has 0 amide bonds. The molecule has 1 heterocycles. The van der Waals surface area contributed by atoms with E-state index in [1.165, 1.54) is 19.1 Å². The van der Waals surface area contributed by atoms with Gasteiger partial charge in [0.25, 0.3) is 0 Å². The summed E-state index contributed by atoms with van der Waals surface area (Å²) in [5, 5.41) is 15.1. The predicted molar refractivity (Wildman–Crippen MR) is 148 cm³/mol. The fourth-order valence-electron chi connectivity index (χ4n) is 5.20. The first kappa shape index (κ1) is 27.6. The molecule has 200 valence electrons. The fraction of sp³-hybridized carbons (Fsp3) is 0.464. The fourth-order valence-corrected chi connectivity index (χ4v) is 7.11. The number of halogens is 2. The van der Waals surface area contributed by atoms with E-state index in [1.54, 1.807) is 11.8 Å². The van der Waals surface area contributed by atoms with Crippen LogP contribution < -0.4 is 14.8 Å². The number of thioether (sulfide) groups is 1. The summed E-state index contributed by atoms with van der Waals surface area (Å²) in [5.74, 6) is -1.13. The zero-order valence-corrected chi connectivity index (χ0v) is 23.4. The molecule has 37 heavy (non-hydrogen) atoms. The first-order valence-electron chi connectivity index (χ1n) is 12.4. The van der Waals surface area contributed by atoms with E-state index in [-0.39, 0.29) is 22.9 Å². The van der Waals surface area contributed by atoms with Crippen molar-refractivity contribution in [2.24, 2.45) is 11.3 Å². The summed E-state index contributed by atoms with van der Waals surface area (Å²) in [6, 6.07) is 6.25. The van der Waals surface area contributed by atoms with E-state index in [1.807, 2.05) is 24.5 Å². The summed E-state index contributed by atoms with van der Waals surface area (Å²) in [7, 11) is 1.39. The molecule has 0 saturated heterocycles. The van der Waals surface area contributed by atoms with Gasteiger partial charge in [-0.05, 0) is 72.6 Å². The number of ether oxygens (including phenoxy) is 1. The van der Waals surface area contributed by atoms with Crippen LogP contribution in [0.1, 0.15) is 84.8 Å². The van der Waals surface area contributed by atoms with E-state index in [0.29, 0.717) is 22.6 Å². The normalized spacial score (nSPS) is 21.8. The molecule has 9 heteroatoms. The minimum absolute atomic E-state index is 0.0999. The molecule has 5 nitrogen and oxygen atoms in total. The van der Waals surface area contributed by atoms with Crippen LogP contribution in [0.3, 0.4) is 0 Å². The van der Waals surface area contributed by atoms with Gasteiger partial charge in [-0.3, -0.25) is 0 Å². The summed E-state index contributed by atoms with van der Waals surface area (Å²) in [6.45, 7) is 8.73. The Morgan fingerprint density at radius 3 is 2.46 bits per heavy atom. The highest BCUT2D eigenvalue weighted by atomic mass is 32.2. The van der Waals surface area contributed by atoms with Crippen LogP contribution in [0.5, 0.6) is 5.75 Å². The summed E-state index contributed by atoms with van der Waals surface area (Å²) in [4.78, 5) is 11.2. The van der Waals surface area contributed by atoms with Crippen LogP contribution in [-0.4, -0.2) is 18.2 Å². The Hall–Kier alpha value is -2.39. The van der Waals surface area contributed by atoms with Gasteiger partial charge in [0.1, 0.15) is 22.8 Å². The Kier molecular flexibility index (Phi) is 8.33. The van der Waals surface area contributed by atoms with Crippen LogP contribution in [0.4, 0.5) is 14.5 Å². The molecule has 0 aromatic heterocycles. The van der Waals surface area contributed by atoms with Crippen molar-refractivity contribution >= 4 is 35.4 Å². The van der Waals surface area contributed by atoms with Crippen LogP contribution in [-0.2, 0) is 0 Å². The molecule has 2 aromatic rings. The molecular formula is C28H34F2N2O3S2. The molecular weight excluding hydrogens is 514 g/mol. The van der Waals surface area contributed by atoms with E-state index in [0.717, 1.165) is 54.0 Å². The van der Waals surface area contributed by atoms with E-state index in [2.05, 4.69) is 30.8 Å². The average molecular weight is 549 g/mol. The highest BCUT2D eigenvalue weighted by Crippen LogP contribution is 2.45. The second-order valence-corrected chi connectivity index (χ2v) is 12.6. The average Bonchev–Trinajstić information content (AvgIpc) is 3.32. The van der Waals surface area contributed by atoms with E-state index >= 15 is 4.39 Å². The third-order valence-electron chi connectivity index (χ3n) is 7.51. The standard InChI is InChI=1S/C28H34F2N2O3S2/c1-15-18(10-11-19(25(15)30)16-6-8-17(9-7-16)28(2,3)4)26-31-24(14-36-26)37-32-22-13-21(29)20(27(33)34)12-23(22)35-5/h10-14,16-17,26,31-32H,6-9H2,1-5H3,(H,33,34). The number of carboxylic acid groups (broad SMARTS) is 1. The van der Waals surface area contributed by atoms with Crippen molar-refractivity contribution in [2.75, 3.05) is 11.8 Å². The van der Waals surface area contributed by atoms with Gasteiger partial charge >= 0.3 is 5.97 Å². The van der Waals surface area contributed by atoms with Crippen molar-refractivity contribution < 1.29 is 23.4 Å². The third kappa shape index (κ3) is 6.03. The van der Waals surface area contributed by atoms with Crippen molar-refractivity contribution in [1.82, 2.24) is 5.32 Å². The lowest BCUT2D eigenvalue weighted by molar-refractivity contribution is 0.0691. The maximum Gasteiger partial charge on any atom is 0.338 e. The summed E-state index contributed by atoms with van der Waals surface area (Å²) in [6.07, 6.45) is 4.33. The van der Waals surface area contributed by atoms with Crippen LogP contribution in [0, 0.1) is 29.9 Å². The number of carboxylic acids is 1. The van der Waals surface area contributed by atoms with Gasteiger partial charge in [-0.15, -0.1) is 11.8 Å². The first-order valence-corrected chi connectivity index (χ1v) is 14.2. The lowest BCUT2D eigenvalue weighted by atomic mass is 9.68. The Labute approximate surface area is 226 Å². The minimum atomic E-state index is -1.36. The number of rotatable bonds is 7. The third-order valence-corrected chi connectivity index (χ3v) is 9.45. The Balaban J connectivity index is 1.39. The van der Waals surface area contributed by atoms with Crippen molar-refractivity contribution in [2.45, 2.75) is 64.7 Å². The van der Waals surface area contributed by atoms with Crippen molar-refractivity contribution in [3.05, 3.63) is 68.6 Å². The Morgan fingerprint density at radius 1 is 1.16 bits per heavy atom. The van der Waals surface area contributed by atoms with Gasteiger partial charge in [-0.25, -0.2) is 13.6 Å². The number of carbonyl (C=O) groups is 1. The van der Waals surface area contributed by atoms with E-state index in [4.69, 9.17) is 9.84 Å². The molecule has 1 unspecified atom stereocenters. The number of hydrogen-bond donors (Lipinski definition) is 3. The zero-order chi connectivity index (χ0) is 26.9. The smallest absolute Gasteiger partial charge is 0.338 e. The second-order valence-electron chi connectivity index (χ2n) is 10.8. The molecule has 3 N–H and O–H groups in total. The van der Waals surface area contributed by atoms with Crippen LogP contribution in [0.2, 0.25) is 0 Å². The monoisotopic (exact) mass is 548 g/mol.